The average molecular weight is 324 g/mol. The SMILES string of the molecule is C[C@@H](O)C[C@H]1CCCCN1C(=O)CCCc1ccc(Cl)cc1. The summed E-state index contributed by atoms with van der Waals surface area (Å²) in [6, 6.07) is 8.04. The number of aliphatic hydroxyl groups is 1. The number of rotatable bonds is 6. The van der Waals surface area contributed by atoms with Crippen LogP contribution in [0.5, 0.6) is 0 Å². The predicted molar refractivity (Wildman–Crippen MR) is 90.0 cm³/mol. The maximum absolute atomic E-state index is 12.5. The number of aliphatic hydroxyl groups excluding tert-OH is 1. The topological polar surface area (TPSA) is 40.5 Å². The molecule has 1 aromatic rings. The van der Waals surface area contributed by atoms with Crippen LogP contribution in [0.15, 0.2) is 24.3 Å². The Morgan fingerprint density at radius 1 is 1.36 bits per heavy atom. The largest absolute Gasteiger partial charge is 0.393 e. The van der Waals surface area contributed by atoms with Crippen molar-refractivity contribution in [1.82, 2.24) is 4.90 Å². The molecule has 0 radical (unpaired) electrons. The second-order valence-electron chi connectivity index (χ2n) is 6.30. The van der Waals surface area contributed by atoms with Gasteiger partial charge in [-0.3, -0.25) is 4.79 Å². The number of halogens is 1. The van der Waals surface area contributed by atoms with Crippen LogP contribution in [0.4, 0.5) is 0 Å². The molecular formula is C18H26ClNO2. The minimum absolute atomic E-state index is 0.219. The van der Waals surface area contributed by atoms with Crippen LogP contribution in [0.25, 0.3) is 0 Å². The third-order valence-corrected chi connectivity index (χ3v) is 4.58. The normalized spacial score (nSPS) is 20.0. The monoisotopic (exact) mass is 323 g/mol. The van der Waals surface area contributed by atoms with Gasteiger partial charge in [0.05, 0.1) is 6.10 Å². The van der Waals surface area contributed by atoms with Gasteiger partial charge in [-0.1, -0.05) is 23.7 Å². The number of aryl methyl sites for hydroxylation is 1. The summed E-state index contributed by atoms with van der Waals surface area (Å²) in [5, 5.41) is 10.3. The highest BCUT2D eigenvalue weighted by Crippen LogP contribution is 2.22. The molecule has 122 valence electrons. The number of carbonyl (C=O) groups is 1. The van der Waals surface area contributed by atoms with Gasteiger partial charge in [0.1, 0.15) is 0 Å². The third kappa shape index (κ3) is 5.29. The van der Waals surface area contributed by atoms with E-state index in [-0.39, 0.29) is 18.1 Å². The van der Waals surface area contributed by atoms with Crippen LogP contribution in [-0.4, -0.2) is 34.6 Å². The fourth-order valence-electron chi connectivity index (χ4n) is 3.21. The summed E-state index contributed by atoms with van der Waals surface area (Å²) >= 11 is 5.87. The standard InChI is InChI=1S/C18H26ClNO2/c1-14(21)13-17-6-2-3-12-20(17)18(22)7-4-5-15-8-10-16(19)11-9-15/h8-11,14,17,21H,2-7,12-13H2,1H3/t14-,17-/m1/s1. The van der Waals surface area contributed by atoms with Crippen LogP contribution < -0.4 is 0 Å². The van der Waals surface area contributed by atoms with E-state index in [1.165, 1.54) is 5.56 Å². The molecule has 0 saturated carbocycles. The Morgan fingerprint density at radius 2 is 2.09 bits per heavy atom. The lowest BCUT2D eigenvalue weighted by atomic mass is 9.96. The van der Waals surface area contributed by atoms with Gasteiger partial charge >= 0.3 is 0 Å². The molecule has 3 nitrogen and oxygen atoms in total. The number of hydrogen-bond donors (Lipinski definition) is 1. The summed E-state index contributed by atoms with van der Waals surface area (Å²) in [7, 11) is 0. The van der Waals surface area contributed by atoms with Crippen LogP contribution in [0.2, 0.25) is 5.02 Å². The number of amides is 1. The number of nitrogens with zero attached hydrogens (tertiary/aromatic N) is 1. The molecule has 1 heterocycles. The van der Waals surface area contributed by atoms with Crippen molar-refractivity contribution < 1.29 is 9.90 Å². The Hall–Kier alpha value is -1.06. The van der Waals surface area contributed by atoms with Gasteiger partial charge in [0.25, 0.3) is 0 Å². The summed E-state index contributed by atoms with van der Waals surface area (Å²) in [4.78, 5) is 14.5. The number of carbonyl (C=O) groups excluding carboxylic acids is 1. The van der Waals surface area contributed by atoms with Crippen molar-refractivity contribution in [3.63, 3.8) is 0 Å². The van der Waals surface area contributed by atoms with Crippen molar-refractivity contribution in [2.75, 3.05) is 6.54 Å². The Morgan fingerprint density at radius 3 is 2.77 bits per heavy atom. The molecule has 2 rings (SSSR count). The lowest BCUT2D eigenvalue weighted by Crippen LogP contribution is -2.44. The van der Waals surface area contributed by atoms with E-state index in [2.05, 4.69) is 0 Å². The van der Waals surface area contributed by atoms with Crippen molar-refractivity contribution in [2.45, 2.75) is 64.0 Å². The Labute approximate surface area is 138 Å². The van der Waals surface area contributed by atoms with Crippen molar-refractivity contribution in [3.05, 3.63) is 34.9 Å². The first-order valence-electron chi connectivity index (χ1n) is 8.28. The van der Waals surface area contributed by atoms with Crippen LogP contribution in [0, 0.1) is 0 Å². The fourth-order valence-corrected chi connectivity index (χ4v) is 3.33. The van der Waals surface area contributed by atoms with E-state index in [0.717, 1.165) is 43.7 Å². The quantitative estimate of drug-likeness (QED) is 0.864. The van der Waals surface area contributed by atoms with Gasteiger partial charge in [-0.05, 0) is 63.1 Å². The third-order valence-electron chi connectivity index (χ3n) is 4.33. The minimum Gasteiger partial charge on any atom is -0.393 e. The molecule has 2 atom stereocenters. The van der Waals surface area contributed by atoms with Crippen molar-refractivity contribution in [1.29, 1.82) is 0 Å². The molecule has 1 aliphatic rings. The molecular weight excluding hydrogens is 298 g/mol. The molecule has 1 aliphatic heterocycles. The van der Waals surface area contributed by atoms with Crippen LogP contribution >= 0.6 is 11.6 Å². The smallest absolute Gasteiger partial charge is 0.222 e. The first-order chi connectivity index (χ1) is 10.6. The summed E-state index contributed by atoms with van der Waals surface area (Å²) in [6.45, 7) is 2.65. The number of piperidine rings is 1. The van der Waals surface area contributed by atoms with Crippen LogP contribution in [0.1, 0.15) is 51.0 Å². The highest BCUT2D eigenvalue weighted by atomic mass is 35.5. The molecule has 1 aromatic carbocycles. The van der Waals surface area contributed by atoms with E-state index in [0.29, 0.717) is 12.8 Å². The fraction of sp³-hybridized carbons (Fsp3) is 0.611. The van der Waals surface area contributed by atoms with Gasteiger partial charge in [0.15, 0.2) is 0 Å². The van der Waals surface area contributed by atoms with E-state index in [1.807, 2.05) is 29.2 Å². The summed E-state index contributed by atoms with van der Waals surface area (Å²) in [5.41, 5.74) is 1.22. The number of likely N-dealkylation sites (tertiary alicyclic amines) is 1. The zero-order chi connectivity index (χ0) is 15.9. The summed E-state index contributed by atoms with van der Waals surface area (Å²) in [5.74, 6) is 0.235. The predicted octanol–water partition coefficient (Wildman–Crippen LogP) is 3.81. The van der Waals surface area contributed by atoms with Gasteiger partial charge in [-0.25, -0.2) is 0 Å². The molecule has 1 N–H and O–H groups in total. The molecule has 0 bridgehead atoms. The summed E-state index contributed by atoms with van der Waals surface area (Å²) < 4.78 is 0. The van der Waals surface area contributed by atoms with E-state index < -0.39 is 0 Å². The van der Waals surface area contributed by atoms with Crippen LogP contribution in [-0.2, 0) is 11.2 Å². The zero-order valence-electron chi connectivity index (χ0n) is 13.3. The zero-order valence-corrected chi connectivity index (χ0v) is 14.1. The van der Waals surface area contributed by atoms with E-state index >= 15 is 0 Å². The van der Waals surface area contributed by atoms with Crippen molar-refractivity contribution in [3.8, 4) is 0 Å². The Kier molecular flexibility index (Phi) is 6.71. The second-order valence-corrected chi connectivity index (χ2v) is 6.74. The van der Waals surface area contributed by atoms with Crippen molar-refractivity contribution in [2.24, 2.45) is 0 Å². The van der Waals surface area contributed by atoms with Gasteiger partial charge < -0.3 is 10.0 Å². The first-order valence-corrected chi connectivity index (χ1v) is 8.66. The second kappa shape index (κ2) is 8.54. The van der Waals surface area contributed by atoms with E-state index in [9.17, 15) is 9.90 Å². The highest BCUT2D eigenvalue weighted by Gasteiger charge is 2.26. The minimum atomic E-state index is -0.340. The van der Waals surface area contributed by atoms with Gasteiger partial charge in [-0.2, -0.15) is 0 Å². The first kappa shape index (κ1) is 17.3. The molecule has 22 heavy (non-hydrogen) atoms. The Bertz CT molecular complexity index is 472. The Balaban J connectivity index is 1.80. The molecule has 1 amide bonds. The molecule has 4 heteroatoms. The molecule has 1 fully saturated rings. The average Bonchev–Trinajstić information content (AvgIpc) is 2.49. The van der Waals surface area contributed by atoms with Gasteiger partial charge in [-0.15, -0.1) is 0 Å². The molecule has 0 unspecified atom stereocenters. The maximum atomic E-state index is 12.5. The number of hydrogen-bond acceptors (Lipinski definition) is 2. The van der Waals surface area contributed by atoms with Crippen LogP contribution in [0.3, 0.4) is 0 Å². The van der Waals surface area contributed by atoms with Crippen molar-refractivity contribution >= 4 is 17.5 Å². The van der Waals surface area contributed by atoms with Gasteiger partial charge in [0.2, 0.25) is 5.91 Å². The maximum Gasteiger partial charge on any atom is 0.222 e. The molecule has 0 spiro atoms. The van der Waals surface area contributed by atoms with E-state index in [1.54, 1.807) is 6.92 Å². The highest BCUT2D eigenvalue weighted by molar-refractivity contribution is 6.30. The van der Waals surface area contributed by atoms with E-state index in [4.69, 9.17) is 11.6 Å². The molecule has 1 saturated heterocycles. The number of benzene rings is 1. The molecule has 0 aromatic heterocycles. The lowest BCUT2D eigenvalue weighted by molar-refractivity contribution is -0.135. The molecule has 0 aliphatic carbocycles. The summed E-state index contributed by atoms with van der Waals surface area (Å²) in [6.07, 6.45) is 5.96. The lowest BCUT2D eigenvalue weighted by Gasteiger charge is -2.36. The van der Waals surface area contributed by atoms with Gasteiger partial charge in [0, 0.05) is 24.0 Å².